The molecule has 3 heteroatoms. The van der Waals surface area contributed by atoms with Crippen LogP contribution in [0.25, 0.3) is 0 Å². The minimum Gasteiger partial charge on any atom is -0.298 e. The molecule has 0 radical (unpaired) electrons. The van der Waals surface area contributed by atoms with Crippen LogP contribution in [0.3, 0.4) is 0 Å². The average Bonchev–Trinajstić information content (AvgIpc) is 2.34. The topological polar surface area (TPSA) is 34.9 Å². The third-order valence-corrected chi connectivity index (χ3v) is 1.70. The van der Waals surface area contributed by atoms with Crippen molar-refractivity contribution in [1.82, 2.24) is 9.78 Å². The van der Waals surface area contributed by atoms with Gasteiger partial charge in [0.05, 0.1) is 12.7 Å². The van der Waals surface area contributed by atoms with Gasteiger partial charge in [0.15, 0.2) is 5.78 Å². The first kappa shape index (κ1) is 8.97. The maximum absolute atomic E-state index is 10.7. The predicted octanol–water partition coefficient (Wildman–Crippen LogP) is 1.60. The van der Waals surface area contributed by atoms with Gasteiger partial charge in [0.25, 0.3) is 0 Å². The van der Waals surface area contributed by atoms with Gasteiger partial charge in [-0.2, -0.15) is 5.10 Å². The molecule has 1 rings (SSSR count). The first-order valence-corrected chi connectivity index (χ1v) is 4.11. The molecule has 0 aliphatic carbocycles. The van der Waals surface area contributed by atoms with Gasteiger partial charge < -0.3 is 0 Å². The highest BCUT2D eigenvalue weighted by Gasteiger charge is 2.03. The third-order valence-electron chi connectivity index (χ3n) is 1.70. The zero-order valence-electron chi connectivity index (χ0n) is 7.74. The monoisotopic (exact) mass is 166 g/mol. The molecule has 0 atom stereocenters. The highest BCUT2D eigenvalue weighted by molar-refractivity contribution is 5.75. The molecule has 66 valence electrons. The van der Waals surface area contributed by atoms with Crippen LogP contribution in [0.4, 0.5) is 0 Å². The Balaban J connectivity index is 2.70. The van der Waals surface area contributed by atoms with Crippen LogP contribution in [0.2, 0.25) is 0 Å². The van der Waals surface area contributed by atoms with E-state index in [1.807, 2.05) is 12.4 Å². The Labute approximate surface area is 72.4 Å². The second kappa shape index (κ2) is 3.52. The molecule has 1 aromatic rings. The Morgan fingerprint density at radius 2 is 2.33 bits per heavy atom. The molecule has 0 aliphatic heterocycles. The van der Waals surface area contributed by atoms with Gasteiger partial charge in [0, 0.05) is 6.20 Å². The Morgan fingerprint density at radius 1 is 1.67 bits per heavy atom. The van der Waals surface area contributed by atoms with Gasteiger partial charge >= 0.3 is 0 Å². The molecule has 0 aliphatic rings. The number of Topliss-reactive ketones (excluding diaryl/α,β-unsaturated/α-hetero) is 1. The third kappa shape index (κ3) is 2.19. The number of nitrogens with zero attached hydrogens (tertiary/aromatic N) is 2. The van der Waals surface area contributed by atoms with Crippen molar-refractivity contribution in [1.29, 1.82) is 0 Å². The fourth-order valence-corrected chi connectivity index (χ4v) is 0.992. The standard InChI is InChI=1S/C9H14N2O/c1-7(2)9-4-10-11(6-9)5-8(3)12/h4,6-7H,5H2,1-3H3. The molecule has 0 N–H and O–H groups in total. The number of hydrogen-bond acceptors (Lipinski definition) is 2. The molecule has 0 spiro atoms. The van der Waals surface area contributed by atoms with Crippen molar-refractivity contribution in [3.05, 3.63) is 18.0 Å². The van der Waals surface area contributed by atoms with Crippen molar-refractivity contribution in [3.8, 4) is 0 Å². The fraction of sp³-hybridized carbons (Fsp3) is 0.556. The van der Waals surface area contributed by atoms with E-state index in [0.29, 0.717) is 12.5 Å². The summed E-state index contributed by atoms with van der Waals surface area (Å²) in [4.78, 5) is 10.7. The molecule has 12 heavy (non-hydrogen) atoms. The summed E-state index contributed by atoms with van der Waals surface area (Å²) in [6, 6.07) is 0. The van der Waals surface area contributed by atoms with E-state index in [4.69, 9.17) is 0 Å². The van der Waals surface area contributed by atoms with Crippen LogP contribution in [-0.2, 0) is 11.3 Å². The maximum Gasteiger partial charge on any atom is 0.151 e. The number of aromatic nitrogens is 2. The van der Waals surface area contributed by atoms with Crippen molar-refractivity contribution in [2.24, 2.45) is 0 Å². The molecule has 0 aromatic carbocycles. The van der Waals surface area contributed by atoms with Gasteiger partial charge in [0.1, 0.15) is 0 Å². The molecular formula is C9H14N2O. The Kier molecular flexibility index (Phi) is 2.63. The lowest BCUT2D eigenvalue weighted by Gasteiger charge is -1.97. The average molecular weight is 166 g/mol. The van der Waals surface area contributed by atoms with Crippen molar-refractivity contribution >= 4 is 5.78 Å². The van der Waals surface area contributed by atoms with E-state index in [9.17, 15) is 4.79 Å². The summed E-state index contributed by atoms with van der Waals surface area (Å²) in [5.74, 6) is 0.610. The van der Waals surface area contributed by atoms with Crippen molar-refractivity contribution in [2.75, 3.05) is 0 Å². The SMILES string of the molecule is CC(=O)Cn1cc(C(C)C)cn1. The van der Waals surface area contributed by atoms with Crippen LogP contribution < -0.4 is 0 Å². The largest absolute Gasteiger partial charge is 0.298 e. The summed E-state index contributed by atoms with van der Waals surface area (Å²) >= 11 is 0. The summed E-state index contributed by atoms with van der Waals surface area (Å²) < 4.78 is 1.68. The van der Waals surface area contributed by atoms with Gasteiger partial charge in [-0.1, -0.05) is 13.8 Å². The summed E-state index contributed by atoms with van der Waals surface area (Å²) in [7, 11) is 0. The normalized spacial score (nSPS) is 10.7. The molecule has 0 fully saturated rings. The van der Waals surface area contributed by atoms with Crippen LogP contribution in [0.5, 0.6) is 0 Å². The molecule has 0 bridgehead atoms. The maximum atomic E-state index is 10.7. The van der Waals surface area contributed by atoms with Crippen LogP contribution in [0, 0.1) is 0 Å². The molecule has 3 nitrogen and oxygen atoms in total. The van der Waals surface area contributed by atoms with Crippen LogP contribution in [0.1, 0.15) is 32.3 Å². The molecule has 1 aromatic heterocycles. The Bertz CT molecular complexity index is 276. The van der Waals surface area contributed by atoms with Gasteiger partial charge in [-0.3, -0.25) is 9.48 Å². The zero-order chi connectivity index (χ0) is 9.14. The molecule has 1 heterocycles. The minimum atomic E-state index is 0.133. The Morgan fingerprint density at radius 3 is 2.75 bits per heavy atom. The highest BCUT2D eigenvalue weighted by atomic mass is 16.1. The lowest BCUT2D eigenvalue weighted by atomic mass is 10.1. The second-order valence-electron chi connectivity index (χ2n) is 3.33. The van der Waals surface area contributed by atoms with Gasteiger partial charge in [-0.25, -0.2) is 0 Å². The van der Waals surface area contributed by atoms with Crippen LogP contribution in [0.15, 0.2) is 12.4 Å². The van der Waals surface area contributed by atoms with E-state index in [1.54, 1.807) is 11.6 Å². The minimum absolute atomic E-state index is 0.133. The smallest absolute Gasteiger partial charge is 0.151 e. The summed E-state index contributed by atoms with van der Waals surface area (Å²) in [5, 5.41) is 4.07. The lowest BCUT2D eigenvalue weighted by Crippen LogP contribution is -2.05. The molecule has 0 amide bonds. The molecule has 0 unspecified atom stereocenters. The molecule has 0 saturated carbocycles. The number of hydrogen-bond donors (Lipinski definition) is 0. The summed E-state index contributed by atoms with van der Waals surface area (Å²) in [6.45, 7) is 6.16. The van der Waals surface area contributed by atoms with E-state index in [0.717, 1.165) is 0 Å². The first-order chi connectivity index (χ1) is 5.59. The van der Waals surface area contributed by atoms with Crippen molar-refractivity contribution < 1.29 is 4.79 Å². The fourth-order valence-electron chi connectivity index (χ4n) is 0.992. The van der Waals surface area contributed by atoms with E-state index in [2.05, 4.69) is 18.9 Å². The number of carbonyl (C=O) groups is 1. The Hall–Kier alpha value is -1.12. The van der Waals surface area contributed by atoms with E-state index in [1.165, 1.54) is 5.56 Å². The summed E-state index contributed by atoms with van der Waals surface area (Å²) in [6.07, 6.45) is 3.74. The van der Waals surface area contributed by atoms with Gasteiger partial charge in [0.2, 0.25) is 0 Å². The number of ketones is 1. The molecule has 0 saturated heterocycles. The van der Waals surface area contributed by atoms with Crippen molar-refractivity contribution in [3.63, 3.8) is 0 Å². The predicted molar refractivity (Wildman–Crippen MR) is 47.0 cm³/mol. The molecular weight excluding hydrogens is 152 g/mol. The quantitative estimate of drug-likeness (QED) is 0.683. The zero-order valence-corrected chi connectivity index (χ0v) is 7.74. The van der Waals surface area contributed by atoms with Crippen LogP contribution >= 0.6 is 0 Å². The number of rotatable bonds is 3. The highest BCUT2D eigenvalue weighted by Crippen LogP contribution is 2.11. The van der Waals surface area contributed by atoms with Gasteiger partial charge in [-0.05, 0) is 18.4 Å². The first-order valence-electron chi connectivity index (χ1n) is 4.11. The van der Waals surface area contributed by atoms with E-state index >= 15 is 0 Å². The number of carbonyl (C=O) groups excluding carboxylic acids is 1. The summed E-state index contributed by atoms with van der Waals surface area (Å²) in [5.41, 5.74) is 1.18. The van der Waals surface area contributed by atoms with Crippen LogP contribution in [-0.4, -0.2) is 15.6 Å². The van der Waals surface area contributed by atoms with E-state index < -0.39 is 0 Å². The lowest BCUT2D eigenvalue weighted by molar-refractivity contribution is -0.117. The van der Waals surface area contributed by atoms with E-state index in [-0.39, 0.29) is 5.78 Å². The second-order valence-corrected chi connectivity index (χ2v) is 3.33. The van der Waals surface area contributed by atoms with Crippen molar-refractivity contribution in [2.45, 2.75) is 33.2 Å². The van der Waals surface area contributed by atoms with Gasteiger partial charge in [-0.15, -0.1) is 0 Å².